The van der Waals surface area contributed by atoms with Crippen LogP contribution in [0.15, 0.2) is 264 Å². The van der Waals surface area contributed by atoms with Crippen LogP contribution in [0.5, 0.6) is 0 Å². The van der Waals surface area contributed by atoms with Crippen molar-refractivity contribution in [3.63, 3.8) is 0 Å². The third-order valence-corrected chi connectivity index (χ3v) is 24.2. The second kappa shape index (κ2) is 31.0. The Morgan fingerprint density at radius 3 is 0.874 bits per heavy atom. The van der Waals surface area contributed by atoms with Gasteiger partial charge in [-0.1, -0.05) is 269 Å². The van der Waals surface area contributed by atoms with Gasteiger partial charge in [0, 0.05) is 83.7 Å². The average molecular weight is 1320 g/mol. The van der Waals surface area contributed by atoms with E-state index < -0.39 is 0 Å². The van der Waals surface area contributed by atoms with Gasteiger partial charge in [0.1, 0.15) is 0 Å². The molecule has 2 fully saturated rings. The summed E-state index contributed by atoms with van der Waals surface area (Å²) in [6, 6.07) is 76.2. The molecule has 10 aromatic carbocycles. The summed E-state index contributed by atoms with van der Waals surface area (Å²) in [6.07, 6.45) is 21.8. The number of carbonyl (C=O) groups is 4. The number of fused-ring (bicyclic) bond motifs is 4. The SMILES string of the molecule is CCCCCC1CCC(c2ccc(-c3ccc(Sc4ccc(Sc5ccc(C)cc5)c5c4C(=O)c4ccccc4C5=O)cc3)cc2)CC1.CCCCCC1CCC(c2ccc(-c3ccc(Sc4ccc(Sc5ccccc5)c5c4C(=O)c4ccccc4C5=O)cc3)cc2)CC1. The Bertz CT molecular complexity index is 4350. The van der Waals surface area contributed by atoms with E-state index >= 15 is 0 Å². The minimum atomic E-state index is -0.0881. The highest BCUT2D eigenvalue weighted by Gasteiger charge is 2.36. The van der Waals surface area contributed by atoms with E-state index in [1.54, 1.807) is 47.8 Å². The van der Waals surface area contributed by atoms with Gasteiger partial charge in [-0.05, 0) is 188 Å². The van der Waals surface area contributed by atoms with Crippen LogP contribution in [0.3, 0.4) is 0 Å². The molecular weight excluding hydrogens is 1240 g/mol. The number of aryl methyl sites for hydroxylation is 1. The van der Waals surface area contributed by atoms with Gasteiger partial charge in [0.05, 0.1) is 0 Å². The molecule has 0 amide bonds. The maximum atomic E-state index is 14.0. The standard InChI is InChI=1S/C44H42O2S2.C43H40O2S2/c1-3-4-5-8-30-13-15-31(16-14-30)32-17-19-33(20-18-32)34-21-25-36(26-22-34)48-40-28-27-39(47-35-23-11-29(2)12-24-35)41-42(40)44(46)38-10-7-6-9-37(38)43(41)45;1-2-3-5-10-29-15-17-30(18-16-29)31-19-21-32(22-20-31)33-23-25-35(26-24-33)47-39-28-27-38(46-34-11-6-4-7-12-34)40-41(39)43(45)37-14-9-8-13-36(37)42(40)44/h6-7,9-12,17-28,30-31H,3-5,8,13-16H2,1-2H3;4,6-9,11-14,19-30H,2-3,5,10,15-18H2,1H3. The van der Waals surface area contributed by atoms with Crippen LogP contribution in [0, 0.1) is 18.8 Å². The number of hydrogen-bond donors (Lipinski definition) is 0. The lowest BCUT2D eigenvalue weighted by Crippen LogP contribution is -2.22. The second-order valence-corrected chi connectivity index (χ2v) is 30.7. The van der Waals surface area contributed by atoms with E-state index in [2.05, 4.69) is 142 Å². The van der Waals surface area contributed by atoms with Crippen molar-refractivity contribution in [2.75, 3.05) is 0 Å². The Kier molecular flexibility index (Phi) is 21.5. The zero-order valence-corrected chi connectivity index (χ0v) is 58.0. The Morgan fingerprint density at radius 1 is 0.295 bits per heavy atom. The lowest BCUT2D eigenvalue weighted by Gasteiger charge is -2.29. The number of benzene rings is 10. The van der Waals surface area contributed by atoms with Crippen molar-refractivity contribution >= 4 is 70.2 Å². The molecule has 0 atom stereocenters. The minimum absolute atomic E-state index is 0.0870. The molecule has 8 heteroatoms. The third kappa shape index (κ3) is 15.3. The number of hydrogen-bond acceptors (Lipinski definition) is 8. The van der Waals surface area contributed by atoms with E-state index in [1.165, 1.54) is 165 Å². The summed E-state index contributed by atoms with van der Waals surface area (Å²) in [5.41, 5.74) is 12.9. The molecule has 95 heavy (non-hydrogen) atoms. The van der Waals surface area contributed by atoms with Crippen LogP contribution < -0.4 is 0 Å². The molecule has 0 bridgehead atoms. The van der Waals surface area contributed by atoms with Crippen molar-refractivity contribution < 1.29 is 19.2 Å². The van der Waals surface area contributed by atoms with Gasteiger partial charge in [-0.15, -0.1) is 0 Å². The lowest BCUT2D eigenvalue weighted by atomic mass is 9.77. The van der Waals surface area contributed by atoms with Gasteiger partial charge in [0.25, 0.3) is 0 Å². The van der Waals surface area contributed by atoms with Gasteiger partial charge in [0.2, 0.25) is 0 Å². The van der Waals surface area contributed by atoms with Crippen LogP contribution in [0.4, 0.5) is 0 Å². The fourth-order valence-corrected chi connectivity index (χ4v) is 18.4. The van der Waals surface area contributed by atoms with E-state index in [0.29, 0.717) is 56.3 Å². The topological polar surface area (TPSA) is 68.3 Å². The summed E-state index contributed by atoms with van der Waals surface area (Å²) >= 11 is 6.16. The minimum Gasteiger partial charge on any atom is -0.289 e. The number of rotatable bonds is 20. The first-order valence-corrected chi connectivity index (χ1v) is 37.8. The van der Waals surface area contributed by atoms with Crippen LogP contribution in [0.25, 0.3) is 22.3 Å². The summed E-state index contributed by atoms with van der Waals surface area (Å²) in [5.74, 6) is 2.89. The van der Waals surface area contributed by atoms with Gasteiger partial charge in [-0.2, -0.15) is 0 Å². The number of ketones is 4. The third-order valence-electron chi connectivity index (χ3n) is 19.9. The molecule has 0 heterocycles. The van der Waals surface area contributed by atoms with Crippen molar-refractivity contribution in [2.24, 2.45) is 11.8 Å². The van der Waals surface area contributed by atoms with E-state index in [4.69, 9.17) is 0 Å². The molecule has 0 aliphatic heterocycles. The largest absolute Gasteiger partial charge is 0.289 e. The predicted molar refractivity (Wildman–Crippen MR) is 395 cm³/mol. The molecule has 4 nitrogen and oxygen atoms in total. The number of unbranched alkanes of at least 4 members (excludes halogenated alkanes) is 4. The Morgan fingerprint density at radius 2 is 0.568 bits per heavy atom. The summed E-state index contributed by atoms with van der Waals surface area (Å²) in [7, 11) is 0. The van der Waals surface area contributed by atoms with Crippen LogP contribution in [-0.4, -0.2) is 23.1 Å². The van der Waals surface area contributed by atoms with Crippen LogP contribution in [0.2, 0.25) is 0 Å². The van der Waals surface area contributed by atoms with E-state index in [-0.39, 0.29) is 23.1 Å². The fourth-order valence-electron chi connectivity index (χ4n) is 14.5. The average Bonchev–Trinajstić information content (AvgIpc) is 0.750. The highest BCUT2D eigenvalue weighted by molar-refractivity contribution is 8.00. The van der Waals surface area contributed by atoms with Crippen molar-refractivity contribution in [1.29, 1.82) is 0 Å². The summed E-state index contributed by atoms with van der Waals surface area (Å²) in [5, 5.41) is 0. The molecule has 0 spiro atoms. The van der Waals surface area contributed by atoms with Crippen molar-refractivity contribution in [3.05, 3.63) is 286 Å². The fraction of sp³-hybridized carbons (Fsp3) is 0.264. The molecule has 4 aliphatic rings. The van der Waals surface area contributed by atoms with Gasteiger partial charge >= 0.3 is 0 Å². The zero-order valence-electron chi connectivity index (χ0n) is 54.8. The molecule has 0 aromatic heterocycles. The molecule has 0 N–H and O–H groups in total. The van der Waals surface area contributed by atoms with Gasteiger partial charge in [0.15, 0.2) is 23.1 Å². The van der Waals surface area contributed by atoms with E-state index in [1.807, 2.05) is 78.9 Å². The van der Waals surface area contributed by atoms with Gasteiger partial charge < -0.3 is 0 Å². The maximum Gasteiger partial charge on any atom is 0.195 e. The molecule has 0 radical (unpaired) electrons. The van der Waals surface area contributed by atoms with Crippen LogP contribution in [-0.2, 0) is 0 Å². The molecular formula is C87H82O4S4. The molecule has 478 valence electrons. The number of carbonyl (C=O) groups excluding carboxylic acids is 4. The molecule has 14 rings (SSSR count). The normalized spacial score (nSPS) is 17.3. The monoisotopic (exact) mass is 1320 g/mol. The first kappa shape index (κ1) is 65.9. The quantitative estimate of drug-likeness (QED) is 0.0699. The van der Waals surface area contributed by atoms with Crippen molar-refractivity contribution in [2.45, 2.75) is 175 Å². The Hall–Kier alpha value is -7.72. The molecule has 2 saturated carbocycles. The van der Waals surface area contributed by atoms with Gasteiger partial charge in [-0.25, -0.2) is 0 Å². The van der Waals surface area contributed by atoms with Crippen LogP contribution >= 0.6 is 47.0 Å². The van der Waals surface area contributed by atoms with Crippen molar-refractivity contribution in [1.82, 2.24) is 0 Å². The first-order valence-electron chi connectivity index (χ1n) is 34.5. The summed E-state index contributed by atoms with van der Waals surface area (Å²) in [6.45, 7) is 6.64. The van der Waals surface area contributed by atoms with E-state index in [0.717, 1.165) is 51.0 Å². The van der Waals surface area contributed by atoms with Gasteiger partial charge in [-0.3, -0.25) is 19.2 Å². The highest BCUT2D eigenvalue weighted by Crippen LogP contribution is 2.47. The molecule has 0 unspecified atom stereocenters. The molecule has 0 saturated heterocycles. The smallest absolute Gasteiger partial charge is 0.195 e. The summed E-state index contributed by atoms with van der Waals surface area (Å²) in [4.78, 5) is 63.1. The van der Waals surface area contributed by atoms with Crippen LogP contribution in [0.1, 0.15) is 209 Å². The Labute approximate surface area is 579 Å². The Balaban J connectivity index is 0.000000172. The van der Waals surface area contributed by atoms with Crippen molar-refractivity contribution in [3.8, 4) is 22.3 Å². The lowest BCUT2D eigenvalue weighted by molar-refractivity contribution is 0.0974. The highest BCUT2D eigenvalue weighted by atomic mass is 32.2. The van der Waals surface area contributed by atoms with E-state index in [9.17, 15) is 19.2 Å². The molecule has 10 aromatic rings. The zero-order chi connectivity index (χ0) is 65.2. The predicted octanol–water partition coefficient (Wildman–Crippen LogP) is 24.9. The first-order chi connectivity index (χ1) is 46.6. The maximum absolute atomic E-state index is 14.0. The molecule has 4 aliphatic carbocycles. The summed E-state index contributed by atoms with van der Waals surface area (Å²) < 4.78 is 0. The second-order valence-electron chi connectivity index (χ2n) is 26.3.